The van der Waals surface area contributed by atoms with E-state index in [0.717, 1.165) is 11.8 Å². The molecule has 0 aliphatic carbocycles. The number of para-hydroxylation sites is 1. The number of anilines is 1. The molecule has 6 nitrogen and oxygen atoms in total. The van der Waals surface area contributed by atoms with E-state index in [1.54, 1.807) is 43.3 Å². The Kier molecular flexibility index (Phi) is 6.43. The Labute approximate surface area is 165 Å². The van der Waals surface area contributed by atoms with Crippen LogP contribution in [0.3, 0.4) is 0 Å². The molecule has 3 rings (SSSR count). The molecular weight excluding hydrogens is 381 g/mol. The number of carbonyl (C=O) groups excluding carboxylic acids is 1. The van der Waals surface area contributed by atoms with Crippen LogP contribution < -0.4 is 10.9 Å². The Balaban J connectivity index is 1.79. The fourth-order valence-electron chi connectivity index (χ4n) is 2.68. The molecule has 0 atom stereocenters. The van der Waals surface area contributed by atoms with E-state index in [9.17, 15) is 14.0 Å². The molecule has 146 valence electrons. The lowest BCUT2D eigenvalue weighted by Crippen LogP contribution is -2.24. The van der Waals surface area contributed by atoms with Gasteiger partial charge in [0.2, 0.25) is 5.91 Å². The number of fused-ring (bicyclic) bond motifs is 1. The minimum absolute atomic E-state index is 0.0133. The van der Waals surface area contributed by atoms with Crippen molar-refractivity contribution < 1.29 is 14.3 Å². The highest BCUT2D eigenvalue weighted by atomic mass is 32.2. The van der Waals surface area contributed by atoms with Crippen LogP contribution in [0.25, 0.3) is 10.9 Å². The molecule has 0 fully saturated rings. The number of hydrogen-bond donors (Lipinski definition) is 2. The van der Waals surface area contributed by atoms with Crippen LogP contribution in [0.1, 0.15) is 12.0 Å². The van der Waals surface area contributed by atoms with Crippen LogP contribution in [0.4, 0.5) is 10.1 Å². The van der Waals surface area contributed by atoms with E-state index in [-0.39, 0.29) is 29.6 Å². The molecule has 0 unspecified atom stereocenters. The van der Waals surface area contributed by atoms with Gasteiger partial charge in [-0.05, 0) is 43.2 Å². The summed E-state index contributed by atoms with van der Waals surface area (Å²) in [5.41, 5.74) is 1.22. The Hall–Kier alpha value is -2.71. The number of hydrogen-bond acceptors (Lipinski definition) is 5. The largest absolute Gasteiger partial charge is 0.396 e. The van der Waals surface area contributed by atoms with Gasteiger partial charge in [-0.2, -0.15) is 0 Å². The molecule has 2 aromatic carbocycles. The third-order valence-electron chi connectivity index (χ3n) is 4.15. The molecule has 3 aromatic rings. The number of amides is 1. The number of aliphatic hydroxyl groups excluding tert-OH is 1. The number of rotatable bonds is 7. The van der Waals surface area contributed by atoms with Crippen LogP contribution in [-0.2, 0) is 11.3 Å². The molecule has 0 aliphatic rings. The van der Waals surface area contributed by atoms with E-state index < -0.39 is 0 Å². The number of aliphatic hydroxyl groups is 1. The van der Waals surface area contributed by atoms with Crippen LogP contribution in [0, 0.1) is 12.7 Å². The molecule has 28 heavy (non-hydrogen) atoms. The minimum Gasteiger partial charge on any atom is -0.396 e. The van der Waals surface area contributed by atoms with Crippen LogP contribution >= 0.6 is 11.8 Å². The van der Waals surface area contributed by atoms with Crippen molar-refractivity contribution in [3.8, 4) is 0 Å². The molecule has 0 saturated heterocycles. The Morgan fingerprint density at radius 3 is 2.82 bits per heavy atom. The first-order valence-electron chi connectivity index (χ1n) is 8.79. The van der Waals surface area contributed by atoms with Crippen molar-refractivity contribution in [1.82, 2.24) is 9.55 Å². The predicted molar refractivity (Wildman–Crippen MR) is 108 cm³/mol. The van der Waals surface area contributed by atoms with Crippen molar-refractivity contribution in [2.75, 3.05) is 17.7 Å². The number of aryl methyl sites for hydroxylation is 1. The van der Waals surface area contributed by atoms with E-state index >= 15 is 0 Å². The van der Waals surface area contributed by atoms with Crippen molar-refractivity contribution in [2.24, 2.45) is 0 Å². The SMILES string of the molecule is Cc1ccc(NC(=O)CSc2nc3ccccc3c(=O)n2CCCO)cc1F. The van der Waals surface area contributed by atoms with Gasteiger partial charge in [0.1, 0.15) is 5.82 Å². The number of halogens is 1. The zero-order valence-corrected chi connectivity index (χ0v) is 16.1. The van der Waals surface area contributed by atoms with Gasteiger partial charge < -0.3 is 10.4 Å². The van der Waals surface area contributed by atoms with Crippen LogP contribution in [0.5, 0.6) is 0 Å². The van der Waals surface area contributed by atoms with E-state index in [4.69, 9.17) is 5.11 Å². The maximum absolute atomic E-state index is 13.6. The fraction of sp³-hybridized carbons (Fsp3) is 0.250. The summed E-state index contributed by atoms with van der Waals surface area (Å²) in [6.07, 6.45) is 0.405. The van der Waals surface area contributed by atoms with Gasteiger partial charge in [0.15, 0.2) is 5.16 Å². The molecular formula is C20H20FN3O3S. The second kappa shape index (κ2) is 8.99. The maximum Gasteiger partial charge on any atom is 0.262 e. The lowest BCUT2D eigenvalue weighted by molar-refractivity contribution is -0.113. The monoisotopic (exact) mass is 401 g/mol. The molecule has 1 aromatic heterocycles. The number of carbonyl (C=O) groups is 1. The molecule has 1 amide bonds. The third-order valence-corrected chi connectivity index (χ3v) is 5.13. The van der Waals surface area contributed by atoms with Gasteiger partial charge in [0.05, 0.1) is 16.7 Å². The van der Waals surface area contributed by atoms with Crippen molar-refractivity contribution >= 4 is 34.3 Å². The Bertz CT molecular complexity index is 1070. The highest BCUT2D eigenvalue weighted by Gasteiger charge is 2.13. The molecule has 2 N–H and O–H groups in total. The van der Waals surface area contributed by atoms with Gasteiger partial charge in [-0.15, -0.1) is 0 Å². The number of benzene rings is 2. The summed E-state index contributed by atoms with van der Waals surface area (Å²) in [7, 11) is 0. The summed E-state index contributed by atoms with van der Waals surface area (Å²) in [5.74, 6) is -0.705. The summed E-state index contributed by atoms with van der Waals surface area (Å²) in [6, 6.07) is 11.5. The average molecular weight is 401 g/mol. The number of aromatic nitrogens is 2. The summed E-state index contributed by atoms with van der Waals surface area (Å²) < 4.78 is 15.1. The first-order valence-corrected chi connectivity index (χ1v) is 9.77. The van der Waals surface area contributed by atoms with Gasteiger partial charge in [-0.1, -0.05) is 30.0 Å². The maximum atomic E-state index is 13.6. The second-order valence-corrected chi connectivity index (χ2v) is 7.19. The average Bonchev–Trinajstić information content (AvgIpc) is 2.69. The molecule has 0 bridgehead atoms. The van der Waals surface area contributed by atoms with E-state index in [1.807, 2.05) is 0 Å². The third kappa shape index (κ3) is 4.58. The number of thioether (sulfide) groups is 1. The summed E-state index contributed by atoms with van der Waals surface area (Å²) in [4.78, 5) is 29.5. The zero-order chi connectivity index (χ0) is 20.1. The van der Waals surface area contributed by atoms with Gasteiger partial charge >= 0.3 is 0 Å². The first kappa shape index (κ1) is 20.0. The van der Waals surface area contributed by atoms with Crippen molar-refractivity contribution in [3.05, 3.63) is 64.2 Å². The molecule has 8 heteroatoms. The topological polar surface area (TPSA) is 84.2 Å². The lowest BCUT2D eigenvalue weighted by Gasteiger charge is -2.12. The molecule has 0 saturated carbocycles. The first-order chi connectivity index (χ1) is 13.5. The van der Waals surface area contributed by atoms with Gasteiger partial charge in [-0.25, -0.2) is 9.37 Å². The van der Waals surface area contributed by atoms with E-state index in [2.05, 4.69) is 10.3 Å². The van der Waals surface area contributed by atoms with Crippen molar-refractivity contribution in [1.29, 1.82) is 0 Å². The van der Waals surface area contributed by atoms with Gasteiger partial charge in [0, 0.05) is 18.8 Å². The molecule has 1 heterocycles. The number of nitrogens with zero attached hydrogens (tertiary/aromatic N) is 2. The van der Waals surface area contributed by atoms with Crippen molar-refractivity contribution in [3.63, 3.8) is 0 Å². The van der Waals surface area contributed by atoms with Crippen LogP contribution in [0.2, 0.25) is 0 Å². The van der Waals surface area contributed by atoms with E-state index in [0.29, 0.717) is 40.3 Å². The molecule has 0 spiro atoms. The Morgan fingerprint density at radius 2 is 2.07 bits per heavy atom. The molecule has 0 aliphatic heterocycles. The highest BCUT2D eigenvalue weighted by Crippen LogP contribution is 2.19. The van der Waals surface area contributed by atoms with Crippen LogP contribution in [0.15, 0.2) is 52.4 Å². The summed E-state index contributed by atoms with van der Waals surface area (Å²) in [5, 5.41) is 12.6. The smallest absolute Gasteiger partial charge is 0.262 e. The fourth-order valence-corrected chi connectivity index (χ4v) is 3.51. The summed E-state index contributed by atoms with van der Waals surface area (Å²) >= 11 is 1.13. The van der Waals surface area contributed by atoms with Crippen LogP contribution in [-0.4, -0.2) is 32.9 Å². The lowest BCUT2D eigenvalue weighted by atomic mass is 10.2. The number of nitrogens with one attached hydrogen (secondary N) is 1. The standard InChI is InChI=1S/C20H20FN3O3S/c1-13-7-8-14(11-16(13)21)22-18(26)12-28-20-23-17-6-3-2-5-15(17)19(27)24(20)9-4-10-25/h2-3,5-8,11,25H,4,9-10,12H2,1H3,(H,22,26). The predicted octanol–water partition coefficient (Wildman–Crippen LogP) is 2.96. The Morgan fingerprint density at radius 1 is 1.29 bits per heavy atom. The zero-order valence-electron chi connectivity index (χ0n) is 15.3. The normalized spacial score (nSPS) is 11.0. The minimum atomic E-state index is -0.389. The second-order valence-electron chi connectivity index (χ2n) is 6.25. The quantitative estimate of drug-likeness (QED) is 0.470. The highest BCUT2D eigenvalue weighted by molar-refractivity contribution is 7.99. The van der Waals surface area contributed by atoms with Gasteiger partial charge in [-0.3, -0.25) is 14.2 Å². The van der Waals surface area contributed by atoms with Gasteiger partial charge in [0.25, 0.3) is 5.56 Å². The summed E-state index contributed by atoms with van der Waals surface area (Å²) in [6.45, 7) is 1.90. The molecule has 0 radical (unpaired) electrons. The van der Waals surface area contributed by atoms with Crippen molar-refractivity contribution in [2.45, 2.75) is 25.0 Å². The van der Waals surface area contributed by atoms with E-state index in [1.165, 1.54) is 10.6 Å².